The molecule has 0 aliphatic heterocycles. The minimum Gasteiger partial charge on any atom is -0.450 e. The third kappa shape index (κ3) is 3.79. The Hall–Kier alpha value is -3.02. The zero-order chi connectivity index (χ0) is 17.0. The summed E-state index contributed by atoms with van der Waals surface area (Å²) in [5.41, 5.74) is 0.514. The third-order valence-electron chi connectivity index (χ3n) is 3.29. The van der Waals surface area contributed by atoms with E-state index in [4.69, 9.17) is 4.74 Å². The van der Waals surface area contributed by atoms with E-state index in [1.807, 2.05) is 0 Å². The number of carbonyl (C=O) groups excluding carboxylic acids is 2. The number of ketones is 2. The Balaban J connectivity index is 2.30. The van der Waals surface area contributed by atoms with Gasteiger partial charge in [0.1, 0.15) is 5.75 Å². The van der Waals surface area contributed by atoms with E-state index in [-0.39, 0.29) is 28.6 Å². The lowest BCUT2D eigenvalue weighted by Crippen LogP contribution is -1.99. The summed E-state index contributed by atoms with van der Waals surface area (Å²) < 4.78 is 5.51. The van der Waals surface area contributed by atoms with Crippen molar-refractivity contribution in [3.05, 3.63) is 63.7 Å². The SMILES string of the molecule is CCC(=O)c1ccc(Oc2ccc(C(C)=O)cc2[N+](=O)[O-])cc1. The molecule has 6 nitrogen and oxygen atoms in total. The Kier molecular flexibility index (Phi) is 4.85. The molecule has 23 heavy (non-hydrogen) atoms. The van der Waals surface area contributed by atoms with Crippen LogP contribution in [0.1, 0.15) is 41.0 Å². The maximum Gasteiger partial charge on any atom is 0.312 e. The van der Waals surface area contributed by atoms with Gasteiger partial charge >= 0.3 is 5.69 Å². The fourth-order valence-corrected chi connectivity index (χ4v) is 2.01. The van der Waals surface area contributed by atoms with E-state index in [0.717, 1.165) is 0 Å². The van der Waals surface area contributed by atoms with Crippen molar-refractivity contribution in [2.45, 2.75) is 20.3 Å². The average molecular weight is 313 g/mol. The maximum absolute atomic E-state index is 11.6. The molecule has 0 aromatic heterocycles. The van der Waals surface area contributed by atoms with Gasteiger partial charge in [-0.1, -0.05) is 6.92 Å². The molecule has 0 radical (unpaired) electrons. The number of ether oxygens (including phenoxy) is 1. The number of Topliss-reactive ketones (excluding diaryl/α,β-unsaturated/α-hetero) is 2. The molecule has 0 atom stereocenters. The molecule has 0 N–H and O–H groups in total. The van der Waals surface area contributed by atoms with Crippen LogP contribution in [0.25, 0.3) is 0 Å². The van der Waals surface area contributed by atoms with Crippen molar-refractivity contribution in [1.29, 1.82) is 0 Å². The quantitative estimate of drug-likeness (QED) is 0.453. The summed E-state index contributed by atoms with van der Waals surface area (Å²) in [6.07, 6.45) is 0.401. The number of nitro groups is 1. The number of hydrogen-bond donors (Lipinski definition) is 0. The van der Waals surface area contributed by atoms with E-state index >= 15 is 0 Å². The van der Waals surface area contributed by atoms with Gasteiger partial charge in [0.2, 0.25) is 5.75 Å². The van der Waals surface area contributed by atoms with Crippen LogP contribution in [0, 0.1) is 10.1 Å². The summed E-state index contributed by atoms with van der Waals surface area (Å²) in [5, 5.41) is 11.1. The third-order valence-corrected chi connectivity index (χ3v) is 3.29. The summed E-state index contributed by atoms with van der Waals surface area (Å²) in [5.74, 6) is 0.154. The Bertz CT molecular complexity index is 765. The van der Waals surface area contributed by atoms with Crippen molar-refractivity contribution in [2.24, 2.45) is 0 Å². The molecule has 0 amide bonds. The number of benzene rings is 2. The molecule has 2 aromatic rings. The summed E-state index contributed by atoms with van der Waals surface area (Å²) in [4.78, 5) is 33.4. The highest BCUT2D eigenvalue weighted by Gasteiger charge is 2.18. The summed E-state index contributed by atoms with van der Waals surface area (Å²) in [6, 6.07) is 10.4. The lowest BCUT2D eigenvalue weighted by Gasteiger charge is -2.08. The Morgan fingerprint density at radius 3 is 2.22 bits per heavy atom. The summed E-state index contributed by atoms with van der Waals surface area (Å²) >= 11 is 0. The van der Waals surface area contributed by atoms with Crippen LogP contribution < -0.4 is 4.74 Å². The van der Waals surface area contributed by atoms with Crippen LogP contribution in [0.4, 0.5) is 5.69 Å². The van der Waals surface area contributed by atoms with Crippen LogP contribution >= 0.6 is 0 Å². The van der Waals surface area contributed by atoms with Crippen LogP contribution in [-0.2, 0) is 0 Å². The van der Waals surface area contributed by atoms with Gasteiger partial charge < -0.3 is 4.74 Å². The van der Waals surface area contributed by atoms with Gasteiger partial charge in [-0.05, 0) is 43.3 Å². The smallest absolute Gasteiger partial charge is 0.312 e. The first-order valence-corrected chi connectivity index (χ1v) is 7.03. The number of carbonyl (C=O) groups is 2. The minimum atomic E-state index is -0.600. The van der Waals surface area contributed by atoms with Crippen LogP contribution in [0.15, 0.2) is 42.5 Å². The lowest BCUT2D eigenvalue weighted by atomic mass is 10.1. The maximum atomic E-state index is 11.6. The van der Waals surface area contributed by atoms with Crippen molar-refractivity contribution in [3.8, 4) is 11.5 Å². The highest BCUT2D eigenvalue weighted by molar-refractivity contribution is 5.96. The van der Waals surface area contributed by atoms with Gasteiger partial charge in [-0.3, -0.25) is 19.7 Å². The minimum absolute atomic E-state index is 0.00772. The van der Waals surface area contributed by atoms with Gasteiger partial charge in [0.25, 0.3) is 0 Å². The first-order chi connectivity index (χ1) is 10.9. The highest BCUT2D eigenvalue weighted by Crippen LogP contribution is 2.32. The molecular weight excluding hydrogens is 298 g/mol. The topological polar surface area (TPSA) is 86.5 Å². The summed E-state index contributed by atoms with van der Waals surface area (Å²) in [7, 11) is 0. The standard InChI is InChI=1S/C17H15NO5/c1-3-16(20)12-4-7-14(8-5-12)23-17-9-6-13(11(2)19)10-15(17)18(21)22/h4-10H,3H2,1-2H3. The molecule has 0 fully saturated rings. The fraction of sp³-hybridized carbons (Fsp3) is 0.176. The van der Waals surface area contributed by atoms with Crippen molar-refractivity contribution in [2.75, 3.05) is 0 Å². The second-order valence-corrected chi connectivity index (χ2v) is 4.90. The first kappa shape index (κ1) is 16.4. The predicted octanol–water partition coefficient (Wildman–Crippen LogP) is 4.18. The number of nitro benzene ring substituents is 1. The normalized spacial score (nSPS) is 10.2. The van der Waals surface area contributed by atoms with E-state index in [2.05, 4.69) is 0 Å². The second-order valence-electron chi connectivity index (χ2n) is 4.90. The highest BCUT2D eigenvalue weighted by atomic mass is 16.6. The molecule has 0 heterocycles. The van der Waals surface area contributed by atoms with Crippen molar-refractivity contribution in [3.63, 3.8) is 0 Å². The molecule has 0 saturated heterocycles. The predicted molar refractivity (Wildman–Crippen MR) is 84.2 cm³/mol. The van der Waals surface area contributed by atoms with Gasteiger partial charge in [0.05, 0.1) is 4.92 Å². The Labute approximate surface area is 132 Å². The Morgan fingerprint density at radius 1 is 1.09 bits per heavy atom. The molecule has 0 saturated carbocycles. The zero-order valence-electron chi connectivity index (χ0n) is 12.7. The number of nitrogens with zero attached hydrogens (tertiary/aromatic N) is 1. The van der Waals surface area contributed by atoms with Crippen molar-refractivity contribution in [1.82, 2.24) is 0 Å². The van der Waals surface area contributed by atoms with Crippen LogP contribution in [-0.4, -0.2) is 16.5 Å². The van der Waals surface area contributed by atoms with E-state index in [1.54, 1.807) is 31.2 Å². The van der Waals surface area contributed by atoms with Crippen LogP contribution in [0.3, 0.4) is 0 Å². The number of rotatable bonds is 6. The molecule has 0 bridgehead atoms. The average Bonchev–Trinajstić information content (AvgIpc) is 2.54. The van der Waals surface area contributed by atoms with E-state index in [9.17, 15) is 19.7 Å². The monoisotopic (exact) mass is 313 g/mol. The molecule has 0 aliphatic rings. The van der Waals surface area contributed by atoms with E-state index in [1.165, 1.54) is 25.1 Å². The molecule has 0 unspecified atom stereocenters. The molecule has 6 heteroatoms. The molecule has 0 spiro atoms. The van der Waals surface area contributed by atoms with Gasteiger partial charge in [0.15, 0.2) is 11.6 Å². The first-order valence-electron chi connectivity index (χ1n) is 7.03. The largest absolute Gasteiger partial charge is 0.450 e. The lowest BCUT2D eigenvalue weighted by molar-refractivity contribution is -0.385. The van der Waals surface area contributed by atoms with Crippen LogP contribution in [0.2, 0.25) is 0 Å². The van der Waals surface area contributed by atoms with E-state index in [0.29, 0.717) is 17.7 Å². The van der Waals surface area contributed by atoms with Gasteiger partial charge in [-0.25, -0.2) is 0 Å². The molecule has 118 valence electrons. The van der Waals surface area contributed by atoms with Gasteiger partial charge in [-0.15, -0.1) is 0 Å². The molecule has 2 aromatic carbocycles. The van der Waals surface area contributed by atoms with Crippen LogP contribution in [0.5, 0.6) is 11.5 Å². The zero-order valence-corrected chi connectivity index (χ0v) is 12.7. The molecule has 2 rings (SSSR count). The molecule has 0 aliphatic carbocycles. The fourth-order valence-electron chi connectivity index (χ4n) is 2.01. The van der Waals surface area contributed by atoms with Gasteiger partial charge in [-0.2, -0.15) is 0 Å². The number of hydrogen-bond acceptors (Lipinski definition) is 5. The second kappa shape index (κ2) is 6.83. The molecular formula is C17H15NO5. The van der Waals surface area contributed by atoms with Gasteiger partial charge in [0, 0.05) is 23.6 Å². The Morgan fingerprint density at radius 2 is 1.70 bits per heavy atom. The van der Waals surface area contributed by atoms with Crippen molar-refractivity contribution < 1.29 is 19.2 Å². The van der Waals surface area contributed by atoms with E-state index < -0.39 is 4.92 Å². The van der Waals surface area contributed by atoms with Crippen molar-refractivity contribution >= 4 is 17.3 Å². The summed E-state index contributed by atoms with van der Waals surface area (Å²) in [6.45, 7) is 3.11.